The third kappa shape index (κ3) is 1.46. The molecule has 6 nitrogen and oxygen atoms in total. The summed E-state index contributed by atoms with van der Waals surface area (Å²) < 4.78 is 0. The molecule has 1 aromatic carbocycles. The van der Waals surface area contributed by atoms with Crippen molar-refractivity contribution >= 4 is 28.4 Å². The predicted molar refractivity (Wildman–Crippen MR) is 80.4 cm³/mol. The van der Waals surface area contributed by atoms with E-state index in [0.717, 1.165) is 39.9 Å². The van der Waals surface area contributed by atoms with E-state index < -0.39 is 0 Å². The molecule has 3 heterocycles. The third-order valence-corrected chi connectivity index (χ3v) is 4.39. The van der Waals surface area contributed by atoms with Crippen LogP contribution >= 0.6 is 0 Å². The minimum Gasteiger partial charge on any atom is -0.356 e. The molecule has 1 aromatic heterocycles. The van der Waals surface area contributed by atoms with E-state index in [4.69, 9.17) is 0 Å². The number of nitrogens with one attached hydrogen (secondary N) is 2. The summed E-state index contributed by atoms with van der Waals surface area (Å²) in [5, 5.41) is 5.15. The number of nitrogens with zero attached hydrogens (tertiary/aromatic N) is 2. The first-order valence-electron chi connectivity index (χ1n) is 7.21. The lowest BCUT2D eigenvalue weighted by molar-refractivity contribution is -0.126. The maximum atomic E-state index is 12.3. The van der Waals surface area contributed by atoms with Gasteiger partial charge in [-0.2, -0.15) is 5.10 Å². The van der Waals surface area contributed by atoms with Crippen LogP contribution in [-0.4, -0.2) is 34.0 Å². The highest BCUT2D eigenvalue weighted by Gasteiger charge is 2.34. The number of amides is 2. The lowest BCUT2D eigenvalue weighted by Crippen LogP contribution is -2.39. The molecule has 0 radical (unpaired) electrons. The number of H-pyrrole nitrogens is 1. The number of carbonyl (C=O) groups excluding carboxylic acids is 2. The van der Waals surface area contributed by atoms with E-state index in [1.807, 2.05) is 18.2 Å². The van der Waals surface area contributed by atoms with Gasteiger partial charge in [-0.3, -0.25) is 9.59 Å². The number of allylic oxidation sites excluding steroid dienone is 1. The van der Waals surface area contributed by atoms with Crippen LogP contribution in [0.1, 0.15) is 28.0 Å². The first kappa shape index (κ1) is 11.7. The standard InChI is InChI=1S/C16H12N4O2/c21-15-9-2-1-3-10-13(9)14-11(17-10)6-20(7-12(14)18-19-15)16(22)8-4-5-8/h1-4,17H,5-7H2,(H,19,21). The van der Waals surface area contributed by atoms with Crippen molar-refractivity contribution in [2.75, 3.05) is 6.54 Å². The molecule has 2 aromatic rings. The Balaban J connectivity index is 1.73. The van der Waals surface area contributed by atoms with Crippen LogP contribution in [0.2, 0.25) is 0 Å². The Bertz CT molecular complexity index is 935. The Hall–Kier alpha value is -2.89. The lowest BCUT2D eigenvalue weighted by Gasteiger charge is -2.27. The van der Waals surface area contributed by atoms with Gasteiger partial charge in [0.15, 0.2) is 0 Å². The van der Waals surface area contributed by atoms with Crippen LogP contribution in [0.5, 0.6) is 0 Å². The van der Waals surface area contributed by atoms with Crippen molar-refractivity contribution in [3.05, 3.63) is 46.7 Å². The Kier molecular flexibility index (Phi) is 2.05. The molecule has 22 heavy (non-hydrogen) atoms. The molecule has 0 saturated carbocycles. The zero-order valence-corrected chi connectivity index (χ0v) is 11.6. The number of hydrazone groups is 1. The molecule has 108 valence electrons. The number of aromatic nitrogens is 1. The van der Waals surface area contributed by atoms with Gasteiger partial charge in [0, 0.05) is 27.7 Å². The third-order valence-electron chi connectivity index (χ3n) is 4.39. The fraction of sp³-hybridized carbons (Fsp3) is 0.188. The number of carbonyl (C=O) groups is 2. The molecule has 0 bridgehead atoms. The van der Waals surface area contributed by atoms with Gasteiger partial charge in [0.25, 0.3) is 5.91 Å². The van der Waals surface area contributed by atoms with Gasteiger partial charge in [-0.05, 0) is 18.6 Å². The normalized spacial score (nSPS) is 18.5. The van der Waals surface area contributed by atoms with Gasteiger partial charge in [0.05, 0.1) is 24.4 Å². The molecule has 0 saturated heterocycles. The number of hydrogen-bond acceptors (Lipinski definition) is 3. The topological polar surface area (TPSA) is 77.6 Å². The van der Waals surface area contributed by atoms with Crippen molar-refractivity contribution in [3.63, 3.8) is 0 Å². The van der Waals surface area contributed by atoms with Crippen molar-refractivity contribution in [3.8, 4) is 0 Å². The van der Waals surface area contributed by atoms with Gasteiger partial charge in [0.1, 0.15) is 0 Å². The summed E-state index contributed by atoms with van der Waals surface area (Å²) in [5.41, 5.74) is 7.63. The van der Waals surface area contributed by atoms with E-state index >= 15 is 0 Å². The van der Waals surface area contributed by atoms with E-state index in [1.165, 1.54) is 0 Å². The molecule has 5 rings (SSSR count). The highest BCUT2D eigenvalue weighted by molar-refractivity contribution is 6.22. The maximum absolute atomic E-state index is 12.3. The summed E-state index contributed by atoms with van der Waals surface area (Å²) in [6.07, 6.45) is 2.71. The smallest absolute Gasteiger partial charge is 0.272 e. The molecule has 0 fully saturated rings. The van der Waals surface area contributed by atoms with Crippen molar-refractivity contribution in [1.29, 1.82) is 0 Å². The SMILES string of the molecule is O=C1NN=C2CN(C(=O)C3=CC3)Cc3[nH]c4cccc1c4c32. The van der Waals surface area contributed by atoms with Crippen LogP contribution < -0.4 is 5.43 Å². The van der Waals surface area contributed by atoms with Crippen molar-refractivity contribution in [2.45, 2.75) is 13.0 Å². The van der Waals surface area contributed by atoms with Crippen molar-refractivity contribution < 1.29 is 9.59 Å². The molecular weight excluding hydrogens is 280 g/mol. The van der Waals surface area contributed by atoms with Crippen LogP contribution in [0.3, 0.4) is 0 Å². The van der Waals surface area contributed by atoms with E-state index in [9.17, 15) is 9.59 Å². The number of hydrogen-bond donors (Lipinski definition) is 2. The fourth-order valence-electron chi connectivity index (χ4n) is 3.28. The highest BCUT2D eigenvalue weighted by atomic mass is 16.2. The molecule has 0 atom stereocenters. The quantitative estimate of drug-likeness (QED) is 0.830. The van der Waals surface area contributed by atoms with Gasteiger partial charge in [0.2, 0.25) is 5.91 Å². The molecule has 0 spiro atoms. The minimum atomic E-state index is -0.211. The fourth-order valence-corrected chi connectivity index (χ4v) is 3.28. The Labute approximate surface area is 125 Å². The second-order valence-corrected chi connectivity index (χ2v) is 5.80. The number of aromatic amines is 1. The lowest BCUT2D eigenvalue weighted by atomic mass is 9.98. The van der Waals surface area contributed by atoms with Crippen LogP contribution in [0.4, 0.5) is 0 Å². The Morgan fingerprint density at radius 3 is 2.95 bits per heavy atom. The van der Waals surface area contributed by atoms with Gasteiger partial charge in [-0.15, -0.1) is 0 Å². The first-order chi connectivity index (χ1) is 10.7. The van der Waals surface area contributed by atoms with Crippen LogP contribution in [0.15, 0.2) is 34.9 Å². The average molecular weight is 292 g/mol. The van der Waals surface area contributed by atoms with Crippen molar-refractivity contribution in [1.82, 2.24) is 15.3 Å². The number of rotatable bonds is 1. The van der Waals surface area contributed by atoms with Crippen molar-refractivity contribution in [2.24, 2.45) is 5.10 Å². The molecule has 2 amide bonds. The summed E-state index contributed by atoms with van der Waals surface area (Å²) in [6.45, 7) is 0.942. The second-order valence-electron chi connectivity index (χ2n) is 5.80. The summed E-state index contributed by atoms with van der Waals surface area (Å²) in [6, 6.07) is 5.60. The van der Waals surface area contributed by atoms with Gasteiger partial charge in [-0.1, -0.05) is 12.1 Å². The van der Waals surface area contributed by atoms with E-state index in [-0.39, 0.29) is 11.8 Å². The second kappa shape index (κ2) is 3.85. The first-order valence-corrected chi connectivity index (χ1v) is 7.21. The van der Waals surface area contributed by atoms with Gasteiger partial charge < -0.3 is 9.88 Å². The molecule has 2 N–H and O–H groups in total. The van der Waals surface area contributed by atoms with Crippen LogP contribution in [0.25, 0.3) is 10.9 Å². The number of benzene rings is 1. The summed E-state index contributed by atoms with van der Waals surface area (Å²) in [5.74, 6) is -0.153. The Morgan fingerprint density at radius 1 is 1.27 bits per heavy atom. The largest absolute Gasteiger partial charge is 0.356 e. The zero-order chi connectivity index (χ0) is 14.8. The monoisotopic (exact) mass is 292 g/mol. The molecule has 6 heteroatoms. The van der Waals surface area contributed by atoms with Gasteiger partial charge >= 0.3 is 0 Å². The van der Waals surface area contributed by atoms with E-state index in [0.29, 0.717) is 18.7 Å². The van der Waals surface area contributed by atoms with Crippen LogP contribution in [-0.2, 0) is 11.3 Å². The molecule has 2 aliphatic heterocycles. The molecule has 1 aliphatic carbocycles. The summed E-state index contributed by atoms with van der Waals surface area (Å²) in [7, 11) is 0. The van der Waals surface area contributed by atoms with Gasteiger partial charge in [-0.25, -0.2) is 5.43 Å². The zero-order valence-electron chi connectivity index (χ0n) is 11.6. The van der Waals surface area contributed by atoms with Crippen LogP contribution in [0, 0.1) is 0 Å². The average Bonchev–Trinajstić information content (AvgIpc) is 3.31. The summed E-state index contributed by atoms with van der Waals surface area (Å²) >= 11 is 0. The molecular formula is C16H12N4O2. The van der Waals surface area contributed by atoms with E-state index in [2.05, 4.69) is 15.5 Å². The molecule has 0 unspecified atom stereocenters. The minimum absolute atomic E-state index is 0.0582. The summed E-state index contributed by atoms with van der Waals surface area (Å²) in [4.78, 5) is 29.6. The Morgan fingerprint density at radius 2 is 2.14 bits per heavy atom. The predicted octanol–water partition coefficient (Wildman–Crippen LogP) is 1.29. The maximum Gasteiger partial charge on any atom is 0.272 e. The molecule has 3 aliphatic rings. The highest BCUT2D eigenvalue weighted by Crippen LogP contribution is 2.33. The van der Waals surface area contributed by atoms with E-state index in [1.54, 1.807) is 11.0 Å².